The average molecular weight is 266 g/mol. The molecule has 1 aliphatic heterocycles. The summed E-state index contributed by atoms with van der Waals surface area (Å²) in [5, 5.41) is 11.9. The van der Waals surface area contributed by atoms with E-state index in [0.29, 0.717) is 18.7 Å². The second kappa shape index (κ2) is 5.36. The molecule has 0 aliphatic carbocycles. The molecule has 0 spiro atoms. The van der Waals surface area contributed by atoms with Gasteiger partial charge in [-0.25, -0.2) is 4.39 Å². The van der Waals surface area contributed by atoms with E-state index in [-0.39, 0.29) is 5.91 Å². The summed E-state index contributed by atoms with van der Waals surface area (Å²) in [6.07, 6.45) is 0. The first-order valence-corrected chi connectivity index (χ1v) is 6.03. The monoisotopic (exact) mass is 266 g/mol. The number of aliphatic carboxylic acids is 1. The fourth-order valence-corrected chi connectivity index (χ4v) is 2.23. The number of carboxylic acid groups (broad SMARTS) is 1. The number of carbonyl (C=O) groups excluding carboxylic acids is 1. The van der Waals surface area contributed by atoms with Crippen molar-refractivity contribution >= 4 is 11.9 Å². The third-order valence-electron chi connectivity index (χ3n) is 3.31. The fraction of sp³-hybridized carbons (Fsp3) is 0.385. The minimum atomic E-state index is -0.982. The number of benzene rings is 1. The van der Waals surface area contributed by atoms with Crippen LogP contribution in [0.1, 0.15) is 17.3 Å². The summed E-state index contributed by atoms with van der Waals surface area (Å²) in [7, 11) is 0. The highest BCUT2D eigenvalue weighted by atomic mass is 19.1. The molecule has 1 amide bonds. The Kier molecular flexibility index (Phi) is 3.80. The van der Waals surface area contributed by atoms with E-state index in [4.69, 9.17) is 5.11 Å². The summed E-state index contributed by atoms with van der Waals surface area (Å²) in [5.41, 5.74) is 0.360. The van der Waals surface area contributed by atoms with Gasteiger partial charge in [0.2, 0.25) is 0 Å². The highest BCUT2D eigenvalue weighted by Crippen LogP contribution is 2.14. The number of carboxylic acids is 1. The van der Waals surface area contributed by atoms with Crippen molar-refractivity contribution in [3.05, 3.63) is 35.6 Å². The third kappa shape index (κ3) is 2.73. The van der Waals surface area contributed by atoms with Crippen molar-refractivity contribution in [1.82, 2.24) is 10.2 Å². The molecule has 102 valence electrons. The largest absolute Gasteiger partial charge is 0.480 e. The summed E-state index contributed by atoms with van der Waals surface area (Å²) in [6.45, 7) is 2.54. The molecule has 0 aromatic heterocycles. The van der Waals surface area contributed by atoms with Gasteiger partial charge in [0.1, 0.15) is 11.9 Å². The lowest BCUT2D eigenvalue weighted by atomic mass is 10.0. The van der Waals surface area contributed by atoms with Gasteiger partial charge in [-0.1, -0.05) is 0 Å². The van der Waals surface area contributed by atoms with Gasteiger partial charge in [-0.2, -0.15) is 0 Å². The number of hydrogen-bond donors (Lipinski definition) is 2. The van der Waals surface area contributed by atoms with Gasteiger partial charge in [-0.3, -0.25) is 9.59 Å². The SMILES string of the molecule is CC1C(C(=O)O)NCCN1C(=O)c1ccc(F)cc1. The summed E-state index contributed by atoms with van der Waals surface area (Å²) < 4.78 is 12.8. The molecule has 1 heterocycles. The number of piperazine rings is 1. The Morgan fingerprint density at radius 2 is 2.00 bits per heavy atom. The van der Waals surface area contributed by atoms with E-state index in [0.717, 1.165) is 0 Å². The topological polar surface area (TPSA) is 69.6 Å². The van der Waals surface area contributed by atoms with Gasteiger partial charge in [0, 0.05) is 18.7 Å². The van der Waals surface area contributed by atoms with Crippen molar-refractivity contribution in [3.8, 4) is 0 Å². The number of amides is 1. The van der Waals surface area contributed by atoms with Crippen LogP contribution in [-0.4, -0.2) is 47.1 Å². The number of rotatable bonds is 2. The summed E-state index contributed by atoms with van der Waals surface area (Å²) in [4.78, 5) is 24.8. The molecule has 2 unspecified atom stereocenters. The zero-order valence-electron chi connectivity index (χ0n) is 10.5. The molecule has 2 N–H and O–H groups in total. The Morgan fingerprint density at radius 1 is 1.37 bits per heavy atom. The molecule has 2 atom stereocenters. The van der Waals surface area contributed by atoms with Crippen LogP contribution in [-0.2, 0) is 4.79 Å². The quantitative estimate of drug-likeness (QED) is 0.827. The molecule has 0 saturated carbocycles. The first-order chi connectivity index (χ1) is 9.00. The number of halogens is 1. The van der Waals surface area contributed by atoms with Crippen LogP contribution in [0.25, 0.3) is 0 Å². The minimum absolute atomic E-state index is 0.278. The van der Waals surface area contributed by atoms with E-state index in [1.165, 1.54) is 29.2 Å². The maximum atomic E-state index is 12.8. The smallest absolute Gasteiger partial charge is 0.322 e. The molecular formula is C13H15FN2O3. The molecule has 2 rings (SSSR count). The van der Waals surface area contributed by atoms with Crippen LogP contribution >= 0.6 is 0 Å². The van der Waals surface area contributed by atoms with E-state index in [1.807, 2.05) is 0 Å². The molecule has 1 aromatic carbocycles. The first-order valence-electron chi connectivity index (χ1n) is 6.03. The first kappa shape index (κ1) is 13.5. The summed E-state index contributed by atoms with van der Waals surface area (Å²) >= 11 is 0. The lowest BCUT2D eigenvalue weighted by Gasteiger charge is -2.38. The van der Waals surface area contributed by atoms with E-state index >= 15 is 0 Å². The molecule has 6 heteroatoms. The maximum Gasteiger partial charge on any atom is 0.322 e. The molecule has 0 radical (unpaired) electrons. The highest BCUT2D eigenvalue weighted by molar-refractivity contribution is 5.95. The van der Waals surface area contributed by atoms with Crippen LogP contribution in [0.3, 0.4) is 0 Å². The number of nitrogens with one attached hydrogen (secondary N) is 1. The molecular weight excluding hydrogens is 251 g/mol. The van der Waals surface area contributed by atoms with Gasteiger partial charge in [0.05, 0.1) is 6.04 Å². The Morgan fingerprint density at radius 3 is 2.58 bits per heavy atom. The standard InChI is InChI=1S/C13H15FN2O3/c1-8-11(13(18)19)15-6-7-16(8)12(17)9-2-4-10(14)5-3-9/h2-5,8,11,15H,6-7H2,1H3,(H,18,19). The number of hydrogen-bond acceptors (Lipinski definition) is 3. The Bertz CT molecular complexity index is 489. The van der Waals surface area contributed by atoms with E-state index in [9.17, 15) is 14.0 Å². The summed E-state index contributed by atoms with van der Waals surface area (Å²) in [6, 6.07) is 4.01. The molecule has 1 aliphatic rings. The number of nitrogens with zero attached hydrogens (tertiary/aromatic N) is 1. The van der Waals surface area contributed by atoms with Crippen LogP contribution in [0.4, 0.5) is 4.39 Å². The van der Waals surface area contributed by atoms with Crippen molar-refractivity contribution in [2.75, 3.05) is 13.1 Å². The van der Waals surface area contributed by atoms with Gasteiger partial charge >= 0.3 is 5.97 Å². The van der Waals surface area contributed by atoms with Crippen LogP contribution in [0, 0.1) is 5.82 Å². The van der Waals surface area contributed by atoms with E-state index in [1.54, 1.807) is 6.92 Å². The van der Waals surface area contributed by atoms with Crippen molar-refractivity contribution in [3.63, 3.8) is 0 Å². The lowest BCUT2D eigenvalue weighted by Crippen LogP contribution is -2.61. The zero-order chi connectivity index (χ0) is 14.0. The fourth-order valence-electron chi connectivity index (χ4n) is 2.23. The summed E-state index contributed by atoms with van der Waals surface area (Å²) in [5.74, 6) is -1.67. The van der Waals surface area contributed by atoms with Crippen molar-refractivity contribution in [2.45, 2.75) is 19.0 Å². The molecule has 1 fully saturated rings. The Labute approximate surface area is 110 Å². The predicted octanol–water partition coefficient (Wildman–Crippen LogP) is 0.713. The predicted molar refractivity (Wildman–Crippen MR) is 66.3 cm³/mol. The molecule has 19 heavy (non-hydrogen) atoms. The lowest BCUT2D eigenvalue weighted by molar-refractivity contribution is -0.141. The highest BCUT2D eigenvalue weighted by Gasteiger charge is 2.35. The Balaban J connectivity index is 2.18. The second-order valence-electron chi connectivity index (χ2n) is 4.52. The molecule has 5 nitrogen and oxygen atoms in total. The normalized spacial score (nSPS) is 23.2. The maximum absolute atomic E-state index is 12.8. The van der Waals surface area contributed by atoms with E-state index < -0.39 is 23.9 Å². The average Bonchev–Trinajstić information content (AvgIpc) is 2.38. The number of carbonyl (C=O) groups is 2. The van der Waals surface area contributed by atoms with Gasteiger partial charge in [-0.15, -0.1) is 0 Å². The van der Waals surface area contributed by atoms with Crippen LogP contribution in [0.15, 0.2) is 24.3 Å². The third-order valence-corrected chi connectivity index (χ3v) is 3.31. The van der Waals surface area contributed by atoms with Crippen molar-refractivity contribution < 1.29 is 19.1 Å². The van der Waals surface area contributed by atoms with Gasteiger partial charge in [-0.05, 0) is 31.2 Å². The van der Waals surface area contributed by atoms with Crippen LogP contribution in [0.2, 0.25) is 0 Å². The zero-order valence-corrected chi connectivity index (χ0v) is 10.5. The molecule has 1 aromatic rings. The van der Waals surface area contributed by atoms with Gasteiger partial charge in [0.25, 0.3) is 5.91 Å². The minimum Gasteiger partial charge on any atom is -0.480 e. The van der Waals surface area contributed by atoms with Gasteiger partial charge in [0.15, 0.2) is 0 Å². The van der Waals surface area contributed by atoms with Crippen LogP contribution in [0.5, 0.6) is 0 Å². The molecule has 0 bridgehead atoms. The van der Waals surface area contributed by atoms with Gasteiger partial charge < -0.3 is 15.3 Å². The Hall–Kier alpha value is -1.95. The van der Waals surface area contributed by atoms with E-state index in [2.05, 4.69) is 5.32 Å². The van der Waals surface area contributed by atoms with Crippen molar-refractivity contribution in [2.24, 2.45) is 0 Å². The molecule has 1 saturated heterocycles. The second-order valence-corrected chi connectivity index (χ2v) is 4.52. The van der Waals surface area contributed by atoms with Crippen LogP contribution < -0.4 is 5.32 Å². The van der Waals surface area contributed by atoms with Crippen molar-refractivity contribution in [1.29, 1.82) is 0 Å².